The summed E-state index contributed by atoms with van der Waals surface area (Å²) in [7, 11) is 0. The Labute approximate surface area is 161 Å². The van der Waals surface area contributed by atoms with E-state index in [0.717, 1.165) is 17.7 Å². The van der Waals surface area contributed by atoms with Gasteiger partial charge in [-0.2, -0.15) is 0 Å². The molecule has 2 aliphatic heterocycles. The monoisotopic (exact) mass is 396 g/mol. The molecule has 2 heterocycles. The van der Waals surface area contributed by atoms with Crippen molar-refractivity contribution in [1.82, 2.24) is 4.90 Å². The third-order valence-electron chi connectivity index (χ3n) is 4.61. The SMILES string of the molecule is CC1CCN(C(=O)COC(=O)CC2Sc3ccc(Cl)cc3NC2=O)CC1. The second-order valence-electron chi connectivity index (χ2n) is 6.66. The Morgan fingerprint density at radius 3 is 2.81 bits per heavy atom. The molecular formula is C18H21ClN2O4S. The number of esters is 1. The van der Waals surface area contributed by atoms with Crippen LogP contribution >= 0.6 is 23.4 Å². The Morgan fingerprint density at radius 2 is 2.08 bits per heavy atom. The number of nitrogens with one attached hydrogen (secondary N) is 1. The number of carbonyl (C=O) groups is 3. The zero-order valence-corrected chi connectivity index (χ0v) is 16.1. The summed E-state index contributed by atoms with van der Waals surface area (Å²) in [6, 6.07) is 5.22. The van der Waals surface area contributed by atoms with Crippen molar-refractivity contribution in [1.29, 1.82) is 0 Å². The third-order valence-corrected chi connectivity index (χ3v) is 6.12. The van der Waals surface area contributed by atoms with Gasteiger partial charge in [-0.25, -0.2) is 0 Å². The Hall–Kier alpha value is -1.73. The summed E-state index contributed by atoms with van der Waals surface area (Å²) < 4.78 is 5.10. The van der Waals surface area contributed by atoms with E-state index in [4.69, 9.17) is 16.3 Å². The lowest BCUT2D eigenvalue weighted by molar-refractivity contribution is -0.152. The van der Waals surface area contributed by atoms with Crippen LogP contribution < -0.4 is 5.32 Å². The average Bonchev–Trinajstić information content (AvgIpc) is 2.61. The van der Waals surface area contributed by atoms with Gasteiger partial charge in [0.25, 0.3) is 5.91 Å². The van der Waals surface area contributed by atoms with Crippen LogP contribution in [-0.2, 0) is 19.1 Å². The molecule has 0 radical (unpaired) electrons. The highest BCUT2D eigenvalue weighted by molar-refractivity contribution is 8.01. The molecule has 1 saturated heterocycles. The maximum atomic E-state index is 12.2. The predicted octanol–water partition coefficient (Wildman–Crippen LogP) is 2.94. The van der Waals surface area contributed by atoms with E-state index in [1.807, 2.05) is 0 Å². The van der Waals surface area contributed by atoms with Crippen LogP contribution in [0.25, 0.3) is 0 Å². The Kier molecular flexibility index (Phi) is 6.09. The van der Waals surface area contributed by atoms with Crippen molar-refractivity contribution < 1.29 is 19.1 Å². The molecule has 1 aromatic carbocycles. The van der Waals surface area contributed by atoms with Crippen LogP contribution in [0.5, 0.6) is 0 Å². The number of hydrogen-bond acceptors (Lipinski definition) is 5. The highest BCUT2D eigenvalue weighted by Crippen LogP contribution is 2.38. The maximum absolute atomic E-state index is 12.2. The van der Waals surface area contributed by atoms with Crippen molar-refractivity contribution in [3.63, 3.8) is 0 Å². The Balaban J connectivity index is 1.48. The lowest BCUT2D eigenvalue weighted by atomic mass is 9.99. The van der Waals surface area contributed by atoms with E-state index in [-0.39, 0.29) is 24.8 Å². The van der Waals surface area contributed by atoms with Crippen LogP contribution in [0.4, 0.5) is 5.69 Å². The molecule has 0 spiro atoms. The van der Waals surface area contributed by atoms with Gasteiger partial charge in [0.2, 0.25) is 5.91 Å². The molecule has 26 heavy (non-hydrogen) atoms. The summed E-state index contributed by atoms with van der Waals surface area (Å²) in [5.74, 6) is -0.362. The van der Waals surface area contributed by atoms with Gasteiger partial charge in [-0.3, -0.25) is 14.4 Å². The molecule has 1 N–H and O–H groups in total. The fourth-order valence-corrected chi connectivity index (χ4v) is 4.21. The predicted molar refractivity (Wildman–Crippen MR) is 100 cm³/mol. The van der Waals surface area contributed by atoms with Crippen LogP contribution in [0, 0.1) is 5.92 Å². The minimum atomic E-state index is -0.581. The Bertz CT molecular complexity index is 719. The molecule has 0 aromatic heterocycles. The van der Waals surface area contributed by atoms with Crippen molar-refractivity contribution in [2.75, 3.05) is 25.0 Å². The van der Waals surface area contributed by atoms with Gasteiger partial charge in [0.05, 0.1) is 17.4 Å². The molecule has 8 heteroatoms. The van der Waals surface area contributed by atoms with Crippen LogP contribution in [0.2, 0.25) is 5.02 Å². The van der Waals surface area contributed by atoms with E-state index in [1.54, 1.807) is 23.1 Å². The fourth-order valence-electron chi connectivity index (χ4n) is 2.96. The lowest BCUT2D eigenvalue weighted by Crippen LogP contribution is -2.40. The number of benzene rings is 1. The molecule has 1 atom stereocenters. The number of rotatable bonds is 4. The number of ether oxygens (including phenoxy) is 1. The first-order valence-corrected chi connectivity index (χ1v) is 9.88. The van der Waals surface area contributed by atoms with Gasteiger partial charge in [-0.15, -0.1) is 11.8 Å². The largest absolute Gasteiger partial charge is 0.456 e. The molecule has 3 rings (SSSR count). The Morgan fingerprint density at radius 1 is 1.35 bits per heavy atom. The van der Waals surface area contributed by atoms with Crippen molar-refractivity contribution in [3.8, 4) is 0 Å². The quantitative estimate of drug-likeness (QED) is 0.792. The van der Waals surface area contributed by atoms with Gasteiger partial charge in [-0.1, -0.05) is 18.5 Å². The zero-order chi connectivity index (χ0) is 18.7. The summed E-state index contributed by atoms with van der Waals surface area (Å²) in [5.41, 5.74) is 0.645. The first-order chi connectivity index (χ1) is 12.4. The summed E-state index contributed by atoms with van der Waals surface area (Å²) in [6.07, 6.45) is 1.87. The number of anilines is 1. The number of fused-ring (bicyclic) bond motifs is 1. The molecule has 1 aromatic rings. The van der Waals surface area contributed by atoms with Crippen LogP contribution in [-0.4, -0.2) is 47.6 Å². The number of amides is 2. The summed E-state index contributed by atoms with van der Waals surface area (Å²) in [4.78, 5) is 38.9. The molecule has 0 aliphatic carbocycles. The van der Waals surface area contributed by atoms with E-state index in [0.29, 0.717) is 29.7 Å². The summed E-state index contributed by atoms with van der Waals surface area (Å²) in [6.45, 7) is 3.31. The fraction of sp³-hybridized carbons (Fsp3) is 0.500. The standard InChI is InChI=1S/C18H21ClN2O4S/c1-11-4-6-21(7-5-11)16(22)10-25-17(23)9-15-18(24)20-13-8-12(19)2-3-14(13)26-15/h2-3,8,11,15H,4-7,9-10H2,1H3,(H,20,24). The van der Waals surface area contributed by atoms with Crippen LogP contribution in [0.15, 0.2) is 23.1 Å². The topological polar surface area (TPSA) is 75.7 Å². The molecule has 1 fully saturated rings. The molecule has 1 unspecified atom stereocenters. The molecule has 140 valence electrons. The molecule has 0 bridgehead atoms. The highest BCUT2D eigenvalue weighted by Gasteiger charge is 2.30. The van der Waals surface area contributed by atoms with Crippen molar-refractivity contribution in [2.24, 2.45) is 5.92 Å². The normalized spacial score (nSPS) is 20.3. The second-order valence-corrected chi connectivity index (χ2v) is 8.35. The van der Waals surface area contributed by atoms with E-state index in [9.17, 15) is 14.4 Å². The lowest BCUT2D eigenvalue weighted by Gasteiger charge is -2.30. The number of carbonyl (C=O) groups excluding carboxylic acids is 3. The minimum Gasteiger partial charge on any atom is -0.456 e. The first-order valence-electron chi connectivity index (χ1n) is 8.63. The number of piperidine rings is 1. The van der Waals surface area contributed by atoms with Crippen molar-refractivity contribution in [2.45, 2.75) is 36.3 Å². The number of likely N-dealkylation sites (tertiary alicyclic amines) is 1. The molecule has 2 aliphatic rings. The van der Waals surface area contributed by atoms with Crippen LogP contribution in [0.3, 0.4) is 0 Å². The second kappa shape index (κ2) is 8.31. The third kappa shape index (κ3) is 4.71. The van der Waals surface area contributed by atoms with Crippen molar-refractivity contribution in [3.05, 3.63) is 23.2 Å². The molecular weight excluding hydrogens is 376 g/mol. The summed E-state index contributed by atoms with van der Waals surface area (Å²) >= 11 is 7.22. The molecule has 0 saturated carbocycles. The van der Waals surface area contributed by atoms with Crippen molar-refractivity contribution >= 4 is 46.8 Å². The van der Waals surface area contributed by atoms with Crippen LogP contribution in [0.1, 0.15) is 26.2 Å². The first kappa shape index (κ1) is 19.0. The minimum absolute atomic E-state index is 0.0805. The molecule has 6 nitrogen and oxygen atoms in total. The maximum Gasteiger partial charge on any atom is 0.307 e. The van der Waals surface area contributed by atoms with E-state index < -0.39 is 11.2 Å². The number of thioether (sulfide) groups is 1. The summed E-state index contributed by atoms with van der Waals surface area (Å²) in [5, 5.41) is 2.70. The van der Waals surface area contributed by atoms with Gasteiger partial charge in [0.15, 0.2) is 6.61 Å². The van der Waals surface area contributed by atoms with E-state index in [2.05, 4.69) is 12.2 Å². The zero-order valence-electron chi connectivity index (χ0n) is 14.5. The highest BCUT2D eigenvalue weighted by atomic mass is 35.5. The van der Waals surface area contributed by atoms with Gasteiger partial charge >= 0.3 is 5.97 Å². The molecule has 2 amide bonds. The van der Waals surface area contributed by atoms with Gasteiger partial charge < -0.3 is 15.0 Å². The number of hydrogen-bond donors (Lipinski definition) is 1. The number of nitrogens with zero attached hydrogens (tertiary/aromatic N) is 1. The average molecular weight is 397 g/mol. The van der Waals surface area contributed by atoms with E-state index >= 15 is 0 Å². The van der Waals surface area contributed by atoms with E-state index in [1.165, 1.54) is 11.8 Å². The van der Waals surface area contributed by atoms with Gasteiger partial charge in [0.1, 0.15) is 0 Å². The number of halogens is 1. The smallest absolute Gasteiger partial charge is 0.307 e. The van der Waals surface area contributed by atoms with Gasteiger partial charge in [0, 0.05) is 23.0 Å². The van der Waals surface area contributed by atoms with Gasteiger partial charge in [-0.05, 0) is 37.0 Å².